The molecule has 0 bridgehead atoms. The summed E-state index contributed by atoms with van der Waals surface area (Å²) in [5.74, 6) is 0.536. The number of carboxylic acids is 1. The molecule has 0 radical (unpaired) electrons. The van der Waals surface area contributed by atoms with Gasteiger partial charge in [-0.2, -0.15) is 0 Å². The van der Waals surface area contributed by atoms with Crippen molar-refractivity contribution in [3.8, 4) is 17.2 Å². The van der Waals surface area contributed by atoms with Crippen molar-refractivity contribution in [3.05, 3.63) is 12.1 Å². The minimum Gasteiger partial charge on any atom is -0.493 e. The number of anilines is 1. The van der Waals surface area contributed by atoms with Crippen LogP contribution >= 0.6 is 0 Å². The molecule has 0 aromatic heterocycles. The molecule has 0 fully saturated rings. The second-order valence-electron chi connectivity index (χ2n) is 5.00. The predicted octanol–water partition coefficient (Wildman–Crippen LogP) is 2.48. The molecule has 1 aromatic rings. The van der Waals surface area contributed by atoms with Gasteiger partial charge in [-0.1, -0.05) is 6.42 Å². The Morgan fingerprint density at radius 1 is 1.00 bits per heavy atom. The highest BCUT2D eigenvalue weighted by molar-refractivity contribution is 5.90. The van der Waals surface area contributed by atoms with E-state index in [2.05, 4.69) is 10.6 Å². The van der Waals surface area contributed by atoms with Crippen molar-refractivity contribution in [3.63, 3.8) is 0 Å². The number of carbonyl (C=O) groups excluding carboxylic acids is 1. The molecule has 0 saturated heterocycles. The molecule has 0 unspecified atom stereocenters. The first-order chi connectivity index (χ1) is 11.5. The van der Waals surface area contributed by atoms with E-state index in [0.29, 0.717) is 35.9 Å². The van der Waals surface area contributed by atoms with Crippen LogP contribution in [0.5, 0.6) is 17.2 Å². The molecule has 0 atom stereocenters. The van der Waals surface area contributed by atoms with Crippen molar-refractivity contribution in [2.24, 2.45) is 0 Å². The lowest BCUT2D eigenvalue weighted by Crippen LogP contribution is -2.29. The summed E-state index contributed by atoms with van der Waals surface area (Å²) in [5.41, 5.74) is 0.507. The fourth-order valence-electron chi connectivity index (χ4n) is 2.11. The molecular formula is C16H24N2O6. The van der Waals surface area contributed by atoms with Gasteiger partial charge in [0, 0.05) is 25.1 Å². The maximum atomic E-state index is 11.9. The third-order valence-electron chi connectivity index (χ3n) is 3.28. The lowest BCUT2D eigenvalue weighted by Gasteiger charge is -2.15. The Morgan fingerprint density at radius 2 is 1.62 bits per heavy atom. The molecule has 0 saturated carbocycles. The van der Waals surface area contributed by atoms with E-state index in [1.54, 1.807) is 12.1 Å². The smallest absolute Gasteiger partial charge is 0.319 e. The molecule has 0 aliphatic rings. The molecule has 1 aromatic carbocycles. The Kier molecular flexibility index (Phi) is 8.24. The van der Waals surface area contributed by atoms with E-state index in [1.807, 2.05) is 0 Å². The number of carbonyl (C=O) groups is 2. The molecule has 0 aliphatic carbocycles. The zero-order chi connectivity index (χ0) is 17.9. The van der Waals surface area contributed by atoms with Crippen LogP contribution in [0.4, 0.5) is 10.5 Å². The standard InChI is InChI=1S/C16H24N2O6/c1-22-12-9-11(10-13(23-2)15(12)24-3)18-16(21)17-8-6-4-5-7-14(19)20/h9-10H,4-8H2,1-3H3,(H,19,20)(H2,17,18,21). The number of amides is 2. The SMILES string of the molecule is COc1cc(NC(=O)NCCCCCC(=O)O)cc(OC)c1OC. The molecule has 134 valence electrons. The van der Waals surface area contributed by atoms with Crippen LogP contribution in [-0.4, -0.2) is 45.0 Å². The normalized spacial score (nSPS) is 9.96. The van der Waals surface area contributed by atoms with Crippen molar-refractivity contribution >= 4 is 17.7 Å². The summed E-state index contributed by atoms with van der Waals surface area (Å²) in [4.78, 5) is 22.3. The highest BCUT2D eigenvalue weighted by Crippen LogP contribution is 2.39. The average molecular weight is 340 g/mol. The van der Waals surface area contributed by atoms with Crippen molar-refractivity contribution in [1.82, 2.24) is 5.32 Å². The quantitative estimate of drug-likeness (QED) is 0.565. The van der Waals surface area contributed by atoms with Gasteiger partial charge in [0.05, 0.1) is 27.0 Å². The Bertz CT molecular complexity index is 536. The van der Waals surface area contributed by atoms with Crippen LogP contribution in [0.2, 0.25) is 0 Å². The van der Waals surface area contributed by atoms with Gasteiger partial charge in [-0.3, -0.25) is 4.79 Å². The fraction of sp³-hybridized carbons (Fsp3) is 0.500. The second-order valence-corrected chi connectivity index (χ2v) is 5.00. The number of aliphatic carboxylic acids is 1. The summed E-state index contributed by atoms with van der Waals surface area (Å²) in [5, 5.41) is 13.9. The highest BCUT2D eigenvalue weighted by atomic mass is 16.5. The Labute approximate surface area is 141 Å². The van der Waals surface area contributed by atoms with E-state index < -0.39 is 5.97 Å². The number of hydrogen-bond acceptors (Lipinski definition) is 5. The summed E-state index contributed by atoms with van der Waals surface area (Å²) in [6.45, 7) is 0.468. The molecule has 2 amide bonds. The van der Waals surface area contributed by atoms with E-state index in [9.17, 15) is 9.59 Å². The highest BCUT2D eigenvalue weighted by Gasteiger charge is 2.14. The van der Waals surface area contributed by atoms with E-state index in [0.717, 1.165) is 12.8 Å². The molecule has 8 heteroatoms. The monoisotopic (exact) mass is 340 g/mol. The first-order valence-electron chi connectivity index (χ1n) is 7.58. The van der Waals surface area contributed by atoms with Gasteiger partial charge in [0.25, 0.3) is 0 Å². The number of hydrogen-bond donors (Lipinski definition) is 3. The molecule has 0 heterocycles. The number of benzene rings is 1. The molecule has 3 N–H and O–H groups in total. The lowest BCUT2D eigenvalue weighted by molar-refractivity contribution is -0.137. The van der Waals surface area contributed by atoms with Crippen molar-refractivity contribution < 1.29 is 28.9 Å². The van der Waals surface area contributed by atoms with Crippen molar-refractivity contribution in [2.45, 2.75) is 25.7 Å². The topological polar surface area (TPSA) is 106 Å². The van der Waals surface area contributed by atoms with Gasteiger partial charge < -0.3 is 30.0 Å². The van der Waals surface area contributed by atoms with Crippen LogP contribution in [-0.2, 0) is 4.79 Å². The van der Waals surface area contributed by atoms with Gasteiger partial charge in [0.15, 0.2) is 11.5 Å². The van der Waals surface area contributed by atoms with Gasteiger partial charge in [0.1, 0.15) is 0 Å². The van der Waals surface area contributed by atoms with Crippen LogP contribution in [0, 0.1) is 0 Å². The first kappa shape index (κ1) is 19.4. The first-order valence-corrected chi connectivity index (χ1v) is 7.58. The van der Waals surface area contributed by atoms with Gasteiger partial charge in [-0.25, -0.2) is 4.79 Å². The lowest BCUT2D eigenvalue weighted by atomic mass is 10.2. The summed E-state index contributed by atoms with van der Waals surface area (Å²) < 4.78 is 15.7. The van der Waals surface area contributed by atoms with Gasteiger partial charge in [-0.05, 0) is 12.8 Å². The number of rotatable bonds is 10. The van der Waals surface area contributed by atoms with Gasteiger partial charge >= 0.3 is 12.0 Å². The molecule has 24 heavy (non-hydrogen) atoms. The summed E-state index contributed by atoms with van der Waals surface area (Å²) >= 11 is 0. The Balaban J connectivity index is 2.50. The number of nitrogens with one attached hydrogen (secondary N) is 2. The Hall–Kier alpha value is -2.64. The van der Waals surface area contributed by atoms with Crippen LogP contribution in [0.15, 0.2) is 12.1 Å². The summed E-state index contributed by atoms with van der Waals surface area (Å²) in [7, 11) is 4.50. The number of carboxylic acid groups (broad SMARTS) is 1. The third kappa shape index (κ3) is 6.23. The van der Waals surface area contributed by atoms with Crippen LogP contribution in [0.25, 0.3) is 0 Å². The van der Waals surface area contributed by atoms with Crippen LogP contribution in [0.3, 0.4) is 0 Å². The molecule has 0 aliphatic heterocycles. The van der Waals surface area contributed by atoms with E-state index in [-0.39, 0.29) is 12.5 Å². The van der Waals surface area contributed by atoms with Crippen LogP contribution in [0.1, 0.15) is 25.7 Å². The third-order valence-corrected chi connectivity index (χ3v) is 3.28. The Morgan fingerprint density at radius 3 is 2.12 bits per heavy atom. The minimum atomic E-state index is -0.803. The fourth-order valence-corrected chi connectivity index (χ4v) is 2.11. The largest absolute Gasteiger partial charge is 0.493 e. The average Bonchev–Trinajstić information content (AvgIpc) is 2.56. The predicted molar refractivity (Wildman–Crippen MR) is 89.2 cm³/mol. The van der Waals surface area contributed by atoms with E-state index in [1.165, 1.54) is 21.3 Å². The molecule has 0 spiro atoms. The summed E-state index contributed by atoms with van der Waals surface area (Å²) in [6.07, 6.45) is 2.22. The van der Waals surface area contributed by atoms with E-state index in [4.69, 9.17) is 19.3 Å². The maximum absolute atomic E-state index is 11.9. The van der Waals surface area contributed by atoms with Gasteiger partial charge in [-0.15, -0.1) is 0 Å². The molecule has 8 nitrogen and oxygen atoms in total. The van der Waals surface area contributed by atoms with Crippen molar-refractivity contribution in [1.29, 1.82) is 0 Å². The number of ether oxygens (including phenoxy) is 3. The second kappa shape index (κ2) is 10.2. The number of methoxy groups -OCH3 is 3. The number of urea groups is 1. The minimum absolute atomic E-state index is 0.150. The molecular weight excluding hydrogens is 316 g/mol. The van der Waals surface area contributed by atoms with Gasteiger partial charge in [0.2, 0.25) is 5.75 Å². The molecule has 1 rings (SSSR count). The van der Waals surface area contributed by atoms with E-state index >= 15 is 0 Å². The summed E-state index contributed by atoms with van der Waals surface area (Å²) in [6, 6.07) is 2.91. The van der Waals surface area contributed by atoms with Crippen LogP contribution < -0.4 is 24.8 Å². The zero-order valence-corrected chi connectivity index (χ0v) is 14.2. The number of unbranched alkanes of at least 4 members (excludes halogenated alkanes) is 2. The maximum Gasteiger partial charge on any atom is 0.319 e. The van der Waals surface area contributed by atoms with Crippen molar-refractivity contribution in [2.75, 3.05) is 33.2 Å². The zero-order valence-electron chi connectivity index (χ0n) is 14.2.